The van der Waals surface area contributed by atoms with E-state index in [1.54, 1.807) is 4.90 Å². The Hall–Kier alpha value is -4.05. The highest BCUT2D eigenvalue weighted by atomic mass is 32.2. The van der Waals surface area contributed by atoms with Crippen LogP contribution in [-0.4, -0.2) is 45.5 Å². The second-order valence-electron chi connectivity index (χ2n) is 10.5. The maximum Gasteiger partial charge on any atom is 0.296 e. The molecule has 1 heterocycles. The fourth-order valence-corrected chi connectivity index (χ4v) is 7.89. The summed E-state index contributed by atoms with van der Waals surface area (Å²) in [5.74, 6) is 0.0568. The highest BCUT2D eigenvalue weighted by Crippen LogP contribution is 2.45. The molecule has 1 aliphatic rings. The topological polar surface area (TPSA) is 176 Å². The molecule has 46 heavy (non-hydrogen) atoms. The number of para-hydroxylation sites is 1. The van der Waals surface area contributed by atoms with Gasteiger partial charge >= 0.3 is 0 Å². The lowest BCUT2D eigenvalue weighted by atomic mass is 9.92. The molecule has 0 fully saturated rings. The van der Waals surface area contributed by atoms with Gasteiger partial charge in [-0.25, -0.2) is 0 Å². The number of aryl methyl sites for hydroxylation is 2. The first-order valence-electron chi connectivity index (χ1n) is 14.1. The van der Waals surface area contributed by atoms with E-state index in [0.29, 0.717) is 12.8 Å². The summed E-state index contributed by atoms with van der Waals surface area (Å²) in [5.41, 5.74) is 2.50. The van der Waals surface area contributed by atoms with E-state index in [4.69, 9.17) is 4.74 Å². The van der Waals surface area contributed by atoms with E-state index in [-0.39, 0.29) is 50.9 Å². The third-order valence-electron chi connectivity index (χ3n) is 7.81. The van der Waals surface area contributed by atoms with Crippen LogP contribution in [-0.2, 0) is 43.2 Å². The van der Waals surface area contributed by atoms with Gasteiger partial charge < -0.3 is 9.64 Å². The number of nitrogens with zero attached hydrogens (tertiary/aromatic N) is 1. The van der Waals surface area contributed by atoms with Crippen molar-refractivity contribution in [1.29, 1.82) is 0 Å². The maximum atomic E-state index is 13.1. The fraction of sp³-hybridized carbons (Fsp3) is 0.188. The zero-order chi connectivity index (χ0) is 33.8. The summed E-state index contributed by atoms with van der Waals surface area (Å²) < 4.78 is 112. The third kappa shape index (κ3) is 5.95. The van der Waals surface area contributed by atoms with Gasteiger partial charge in [-0.1, -0.05) is 56.8 Å². The van der Waals surface area contributed by atoms with Gasteiger partial charge in [0.25, 0.3) is 30.4 Å². The molecule has 14 heteroatoms. The second kappa shape index (κ2) is 12.0. The lowest BCUT2D eigenvalue weighted by Gasteiger charge is -2.31. The smallest absolute Gasteiger partial charge is 0.296 e. The molecule has 242 valence electrons. The predicted molar refractivity (Wildman–Crippen MR) is 173 cm³/mol. The molecule has 4 aromatic rings. The first-order chi connectivity index (χ1) is 21.5. The van der Waals surface area contributed by atoms with Crippen LogP contribution in [0.15, 0.2) is 81.4 Å². The van der Waals surface area contributed by atoms with E-state index in [9.17, 15) is 38.9 Å². The summed E-state index contributed by atoms with van der Waals surface area (Å²) in [5, 5.41) is -0.170. The maximum absolute atomic E-state index is 13.1. The van der Waals surface area contributed by atoms with Crippen LogP contribution < -0.4 is 20.1 Å². The average Bonchev–Trinajstić information content (AvgIpc) is 2.98. The van der Waals surface area contributed by atoms with Crippen molar-refractivity contribution < 1.29 is 43.6 Å². The Balaban J connectivity index is 1.97. The minimum absolute atomic E-state index is 0.0156. The Morgan fingerprint density at radius 3 is 1.80 bits per heavy atom. The molecule has 0 spiro atoms. The monoisotopic (exact) mass is 685 g/mol. The van der Waals surface area contributed by atoms with E-state index in [1.807, 2.05) is 39.0 Å². The van der Waals surface area contributed by atoms with Crippen LogP contribution in [0, 0.1) is 0 Å². The lowest BCUT2D eigenvalue weighted by Crippen LogP contribution is -2.26. The highest BCUT2D eigenvalue weighted by Gasteiger charge is 2.32. The van der Waals surface area contributed by atoms with Crippen LogP contribution in [0.4, 0.5) is 11.4 Å². The van der Waals surface area contributed by atoms with Crippen molar-refractivity contribution >= 4 is 53.9 Å². The molecule has 5 rings (SSSR count). The average molecular weight is 686 g/mol. The van der Waals surface area contributed by atoms with Crippen molar-refractivity contribution in [3.05, 3.63) is 99.4 Å². The van der Waals surface area contributed by atoms with Gasteiger partial charge in [0.15, 0.2) is 0 Å². The SMILES string of the molecule is C=c1cc2c(cc1S(=O)(=O)O)=C(c1ccccc1S(=O)(=O)O)c1cc(S(=O)(=O)O)c(N(CC)c3c(CC)cccc3CC)cc1O2. The predicted octanol–water partition coefficient (Wildman–Crippen LogP) is 4.47. The standard InChI is InChI=1S/C32H31NO10S3/c1-5-20-11-10-12-21(6-2)32(20)33(7-3)25-18-27-24(17-30(25)46(40,41)42)31(22-13-8-9-14-28(22)44(34,35)36)23-16-29(45(37,38)39)19(4)15-26(23)43-27/h8-18H,4-7H2,1-3H3,(H,34,35,36)(H,37,38,39)(H,40,41,42). The van der Waals surface area contributed by atoms with Crippen molar-refractivity contribution in [3.8, 4) is 11.5 Å². The lowest BCUT2D eigenvalue weighted by molar-refractivity contribution is 0.466. The van der Waals surface area contributed by atoms with Gasteiger partial charge in [-0.3, -0.25) is 13.7 Å². The van der Waals surface area contributed by atoms with Gasteiger partial charge in [0.05, 0.1) is 5.69 Å². The Kier molecular flexibility index (Phi) is 8.66. The summed E-state index contributed by atoms with van der Waals surface area (Å²) in [4.78, 5) is 0.0545. The van der Waals surface area contributed by atoms with E-state index in [1.165, 1.54) is 30.3 Å². The molecular formula is C32H31NO10S3. The molecule has 11 nitrogen and oxygen atoms in total. The molecule has 0 radical (unpaired) electrons. The van der Waals surface area contributed by atoms with Gasteiger partial charge in [-0.15, -0.1) is 0 Å². The first kappa shape index (κ1) is 33.3. The molecule has 0 unspecified atom stereocenters. The molecule has 0 amide bonds. The minimum Gasteiger partial charge on any atom is -0.456 e. The molecule has 0 atom stereocenters. The second-order valence-corrected chi connectivity index (χ2v) is 14.7. The normalized spacial score (nSPS) is 13.1. The number of anilines is 2. The molecule has 0 aliphatic carbocycles. The molecule has 3 N–H and O–H groups in total. The molecule has 0 aromatic heterocycles. The van der Waals surface area contributed by atoms with Crippen molar-refractivity contribution in [1.82, 2.24) is 0 Å². The van der Waals surface area contributed by atoms with E-state index in [0.717, 1.165) is 35.0 Å². The fourth-order valence-electron chi connectivity index (χ4n) is 5.83. The summed E-state index contributed by atoms with van der Waals surface area (Å²) in [6.07, 6.45) is 1.25. The number of fused-ring (bicyclic) bond motifs is 2. The van der Waals surface area contributed by atoms with E-state index < -0.39 is 45.0 Å². The Labute approximate surface area is 267 Å². The number of hydrogen-bond donors (Lipinski definition) is 3. The molecule has 1 aliphatic heterocycles. The Morgan fingerprint density at radius 1 is 0.674 bits per heavy atom. The number of rotatable bonds is 9. The molecular weight excluding hydrogens is 655 g/mol. The quantitative estimate of drug-likeness (QED) is 0.187. The largest absolute Gasteiger partial charge is 0.456 e. The zero-order valence-electron chi connectivity index (χ0n) is 25.1. The molecule has 4 aromatic carbocycles. The third-order valence-corrected chi connectivity index (χ3v) is 10.5. The van der Waals surface area contributed by atoms with Gasteiger partial charge in [-0.2, -0.15) is 25.3 Å². The zero-order valence-corrected chi connectivity index (χ0v) is 27.5. The summed E-state index contributed by atoms with van der Waals surface area (Å²) in [7, 11) is -14.6. The van der Waals surface area contributed by atoms with E-state index in [2.05, 4.69) is 6.58 Å². The number of hydrogen-bond acceptors (Lipinski definition) is 8. The summed E-state index contributed by atoms with van der Waals surface area (Å²) in [6.45, 7) is 9.74. The van der Waals surface area contributed by atoms with Crippen molar-refractivity contribution in [2.75, 3.05) is 11.4 Å². The van der Waals surface area contributed by atoms with Crippen LogP contribution >= 0.6 is 0 Å². The van der Waals surface area contributed by atoms with Gasteiger partial charge in [0.1, 0.15) is 26.2 Å². The van der Waals surface area contributed by atoms with Crippen LogP contribution in [0.1, 0.15) is 43.0 Å². The minimum atomic E-state index is -4.95. The molecule has 0 bridgehead atoms. The van der Waals surface area contributed by atoms with Crippen LogP contribution in [0.25, 0.3) is 12.2 Å². The van der Waals surface area contributed by atoms with Crippen molar-refractivity contribution in [2.45, 2.75) is 48.3 Å². The molecule has 0 saturated heterocycles. The van der Waals surface area contributed by atoms with E-state index >= 15 is 0 Å². The number of ether oxygens (including phenoxy) is 1. The van der Waals surface area contributed by atoms with Crippen LogP contribution in [0.2, 0.25) is 0 Å². The van der Waals surface area contributed by atoms with Crippen molar-refractivity contribution in [3.63, 3.8) is 0 Å². The molecule has 0 saturated carbocycles. The van der Waals surface area contributed by atoms with Gasteiger partial charge in [0, 0.05) is 40.2 Å². The Bertz CT molecular complexity index is 2330. The first-order valence-corrected chi connectivity index (χ1v) is 18.5. The Morgan fingerprint density at radius 2 is 1.26 bits per heavy atom. The summed E-state index contributed by atoms with van der Waals surface area (Å²) in [6, 6.07) is 15.9. The van der Waals surface area contributed by atoms with Gasteiger partial charge in [0.2, 0.25) is 0 Å². The van der Waals surface area contributed by atoms with Gasteiger partial charge in [-0.05, 0) is 60.4 Å². The van der Waals surface area contributed by atoms with Crippen LogP contribution in [0.3, 0.4) is 0 Å². The highest BCUT2D eigenvalue weighted by molar-refractivity contribution is 7.86. The van der Waals surface area contributed by atoms with Crippen LogP contribution in [0.5, 0.6) is 11.5 Å². The summed E-state index contributed by atoms with van der Waals surface area (Å²) >= 11 is 0. The number of benzene rings is 4. The van der Waals surface area contributed by atoms with Crippen molar-refractivity contribution in [2.24, 2.45) is 0 Å².